The molecule has 0 saturated heterocycles. The van der Waals surface area contributed by atoms with Crippen molar-refractivity contribution >= 4 is 31.9 Å². The molecule has 0 heterocycles. The van der Waals surface area contributed by atoms with E-state index in [2.05, 4.69) is 58.4 Å². The molecule has 0 fully saturated rings. The summed E-state index contributed by atoms with van der Waals surface area (Å²) in [6, 6.07) is 0. The summed E-state index contributed by atoms with van der Waals surface area (Å²) in [7, 11) is 0. The van der Waals surface area contributed by atoms with Crippen LogP contribution in [-0.2, 0) is 6.42 Å². The molecule has 2 rings (SSSR count). The van der Waals surface area contributed by atoms with Crippen molar-refractivity contribution in [3.8, 4) is 11.5 Å². The Kier molecular flexibility index (Phi) is 6.01. The van der Waals surface area contributed by atoms with Crippen LogP contribution in [0.2, 0.25) is 0 Å². The van der Waals surface area contributed by atoms with Crippen LogP contribution in [0.1, 0.15) is 57.1 Å². The molecule has 126 valence electrons. The molecular formula is C19H24Br2O2. The van der Waals surface area contributed by atoms with Crippen LogP contribution in [0.25, 0.3) is 0 Å². The molecule has 1 aliphatic rings. The largest absolute Gasteiger partial charge is 0.506 e. The van der Waals surface area contributed by atoms with Gasteiger partial charge in [-0.2, -0.15) is 0 Å². The molecule has 0 radical (unpaired) electrons. The third-order valence-electron chi connectivity index (χ3n) is 4.67. The van der Waals surface area contributed by atoms with E-state index in [0.717, 1.165) is 36.8 Å². The van der Waals surface area contributed by atoms with Crippen molar-refractivity contribution in [3.05, 3.63) is 43.9 Å². The predicted octanol–water partition coefficient (Wildman–Crippen LogP) is 6.59. The minimum absolute atomic E-state index is 0.0514. The number of allylic oxidation sites excluding steroid dienone is 3. The summed E-state index contributed by atoms with van der Waals surface area (Å²) in [6.07, 6.45) is 5.91. The van der Waals surface area contributed by atoms with Gasteiger partial charge in [-0.25, -0.2) is 0 Å². The van der Waals surface area contributed by atoms with Gasteiger partial charge in [-0.3, -0.25) is 0 Å². The van der Waals surface area contributed by atoms with Crippen LogP contribution in [0, 0.1) is 5.92 Å². The van der Waals surface area contributed by atoms with E-state index >= 15 is 0 Å². The second-order valence-corrected chi connectivity index (χ2v) is 8.08. The maximum Gasteiger partial charge on any atom is 0.137 e. The van der Waals surface area contributed by atoms with Crippen molar-refractivity contribution in [2.75, 3.05) is 0 Å². The second kappa shape index (κ2) is 7.43. The standard InChI is InChI=1S/C19H24Br2O2/c1-5-6-13-16(20)18(22)15(19(23)17(13)21)14-9-11(4)7-8-12(14)10(2)3/h9,12,14,22-23H,2,5-8H2,1,3-4H3. The summed E-state index contributed by atoms with van der Waals surface area (Å²) in [5.41, 5.74) is 3.88. The highest BCUT2D eigenvalue weighted by Gasteiger charge is 2.32. The quantitative estimate of drug-likeness (QED) is 0.515. The fraction of sp³-hybridized carbons (Fsp3) is 0.474. The lowest BCUT2D eigenvalue weighted by molar-refractivity contribution is 0.402. The van der Waals surface area contributed by atoms with E-state index in [1.807, 2.05) is 6.92 Å². The first-order valence-corrected chi connectivity index (χ1v) is 9.62. The van der Waals surface area contributed by atoms with E-state index in [1.165, 1.54) is 5.57 Å². The van der Waals surface area contributed by atoms with Gasteiger partial charge in [0.15, 0.2) is 0 Å². The van der Waals surface area contributed by atoms with Crippen LogP contribution in [0.5, 0.6) is 11.5 Å². The molecule has 2 unspecified atom stereocenters. The lowest BCUT2D eigenvalue weighted by Gasteiger charge is -2.32. The number of phenolic OH excluding ortho intramolecular Hbond substituents is 2. The van der Waals surface area contributed by atoms with Crippen molar-refractivity contribution in [2.45, 2.75) is 52.4 Å². The summed E-state index contributed by atoms with van der Waals surface area (Å²) in [5.74, 6) is 0.476. The predicted molar refractivity (Wildman–Crippen MR) is 103 cm³/mol. The molecule has 1 aliphatic carbocycles. The maximum atomic E-state index is 10.8. The zero-order chi connectivity index (χ0) is 17.3. The van der Waals surface area contributed by atoms with Gasteiger partial charge in [-0.1, -0.05) is 37.1 Å². The number of aromatic hydroxyl groups is 2. The van der Waals surface area contributed by atoms with Crippen LogP contribution in [0.3, 0.4) is 0 Å². The minimum Gasteiger partial charge on any atom is -0.506 e. The zero-order valence-corrected chi connectivity index (χ0v) is 17.1. The van der Waals surface area contributed by atoms with Crippen LogP contribution in [-0.4, -0.2) is 10.2 Å². The summed E-state index contributed by atoms with van der Waals surface area (Å²) >= 11 is 7.04. The van der Waals surface area contributed by atoms with Gasteiger partial charge >= 0.3 is 0 Å². The number of benzene rings is 1. The monoisotopic (exact) mass is 442 g/mol. The van der Waals surface area contributed by atoms with Gasteiger partial charge in [-0.15, -0.1) is 0 Å². The average Bonchev–Trinajstić information content (AvgIpc) is 2.49. The molecule has 0 bridgehead atoms. The highest BCUT2D eigenvalue weighted by Crippen LogP contribution is 2.52. The molecule has 2 atom stereocenters. The zero-order valence-electron chi connectivity index (χ0n) is 13.9. The molecule has 23 heavy (non-hydrogen) atoms. The molecule has 1 aromatic carbocycles. The van der Waals surface area contributed by atoms with Gasteiger partial charge in [0.1, 0.15) is 11.5 Å². The third-order valence-corrected chi connectivity index (χ3v) is 6.38. The van der Waals surface area contributed by atoms with Crippen LogP contribution < -0.4 is 0 Å². The van der Waals surface area contributed by atoms with E-state index in [1.54, 1.807) is 0 Å². The second-order valence-electron chi connectivity index (χ2n) is 6.50. The van der Waals surface area contributed by atoms with Gasteiger partial charge in [0, 0.05) is 11.5 Å². The minimum atomic E-state index is -0.0514. The topological polar surface area (TPSA) is 40.5 Å². The Morgan fingerprint density at radius 2 is 1.83 bits per heavy atom. The lowest BCUT2D eigenvalue weighted by atomic mass is 9.73. The lowest BCUT2D eigenvalue weighted by Crippen LogP contribution is -2.17. The van der Waals surface area contributed by atoms with E-state index in [0.29, 0.717) is 14.5 Å². The fourth-order valence-corrected chi connectivity index (χ4v) is 4.91. The first kappa shape index (κ1) is 18.6. The summed E-state index contributed by atoms with van der Waals surface area (Å²) in [4.78, 5) is 0. The summed E-state index contributed by atoms with van der Waals surface area (Å²) < 4.78 is 1.35. The van der Waals surface area contributed by atoms with Crippen molar-refractivity contribution in [1.82, 2.24) is 0 Å². The van der Waals surface area contributed by atoms with E-state index in [-0.39, 0.29) is 23.3 Å². The Bertz CT molecular complexity index is 633. The van der Waals surface area contributed by atoms with Crippen molar-refractivity contribution in [2.24, 2.45) is 5.92 Å². The number of hydrogen-bond acceptors (Lipinski definition) is 2. The van der Waals surface area contributed by atoms with Gasteiger partial charge < -0.3 is 10.2 Å². The normalized spacial score (nSPS) is 21.2. The van der Waals surface area contributed by atoms with E-state index < -0.39 is 0 Å². The first-order valence-electron chi connectivity index (χ1n) is 8.03. The average molecular weight is 444 g/mol. The highest BCUT2D eigenvalue weighted by molar-refractivity contribution is 9.11. The van der Waals surface area contributed by atoms with Gasteiger partial charge in [0.25, 0.3) is 0 Å². The molecule has 1 aromatic rings. The molecule has 0 saturated carbocycles. The molecule has 0 amide bonds. The van der Waals surface area contributed by atoms with Crippen LogP contribution in [0.15, 0.2) is 32.7 Å². The Morgan fingerprint density at radius 1 is 1.26 bits per heavy atom. The molecule has 2 N–H and O–H groups in total. The molecule has 0 aliphatic heterocycles. The maximum absolute atomic E-state index is 10.8. The number of rotatable bonds is 4. The van der Waals surface area contributed by atoms with Crippen LogP contribution in [0.4, 0.5) is 0 Å². The van der Waals surface area contributed by atoms with Crippen molar-refractivity contribution < 1.29 is 10.2 Å². The summed E-state index contributed by atoms with van der Waals surface area (Å²) in [6.45, 7) is 10.3. The highest BCUT2D eigenvalue weighted by atomic mass is 79.9. The SMILES string of the molecule is C=C(C)C1CCC(C)=CC1c1c(O)c(Br)c(CCC)c(Br)c1O. The molecule has 0 aromatic heterocycles. The van der Waals surface area contributed by atoms with E-state index in [9.17, 15) is 10.2 Å². The van der Waals surface area contributed by atoms with Gasteiger partial charge in [0.2, 0.25) is 0 Å². The van der Waals surface area contributed by atoms with E-state index in [4.69, 9.17) is 0 Å². The van der Waals surface area contributed by atoms with Gasteiger partial charge in [0.05, 0.1) is 8.95 Å². The molecule has 2 nitrogen and oxygen atoms in total. The Hall–Kier alpha value is -0.740. The Balaban J connectivity index is 2.66. The third kappa shape index (κ3) is 3.53. The number of hydrogen-bond donors (Lipinski definition) is 2. The Morgan fingerprint density at radius 3 is 2.30 bits per heavy atom. The molecule has 4 heteroatoms. The van der Waals surface area contributed by atoms with Crippen molar-refractivity contribution in [3.63, 3.8) is 0 Å². The number of halogens is 2. The molecular weight excluding hydrogens is 420 g/mol. The summed E-state index contributed by atoms with van der Waals surface area (Å²) in [5, 5.41) is 21.5. The smallest absolute Gasteiger partial charge is 0.137 e. The first-order chi connectivity index (χ1) is 10.8. The molecule has 0 spiro atoms. The van der Waals surface area contributed by atoms with Crippen LogP contribution >= 0.6 is 31.9 Å². The number of phenols is 2. The Labute approximate surface area is 155 Å². The van der Waals surface area contributed by atoms with Crippen molar-refractivity contribution in [1.29, 1.82) is 0 Å². The fourth-order valence-electron chi connectivity index (χ4n) is 3.42. The van der Waals surface area contributed by atoms with Gasteiger partial charge in [-0.05, 0) is 76.5 Å².